The lowest BCUT2D eigenvalue weighted by atomic mass is 9.96. The summed E-state index contributed by atoms with van der Waals surface area (Å²) in [6, 6.07) is 3.68. The zero-order valence-corrected chi connectivity index (χ0v) is 15.6. The van der Waals surface area contributed by atoms with E-state index in [1.165, 1.54) is 0 Å². The molecule has 8 heteroatoms. The molecule has 2 aromatic rings. The first-order chi connectivity index (χ1) is 12.2. The van der Waals surface area contributed by atoms with Crippen molar-refractivity contribution < 1.29 is 9.21 Å². The number of thioether (sulfide) groups is 1. The number of hydrogen-bond acceptors (Lipinski definition) is 6. The van der Waals surface area contributed by atoms with E-state index in [4.69, 9.17) is 4.42 Å². The van der Waals surface area contributed by atoms with Gasteiger partial charge in [0.25, 0.3) is 0 Å². The lowest BCUT2D eigenvalue weighted by Gasteiger charge is -2.30. The van der Waals surface area contributed by atoms with Crippen LogP contribution < -0.4 is 5.32 Å². The number of carbonyl (C=O) groups is 1. The van der Waals surface area contributed by atoms with Crippen molar-refractivity contribution >= 4 is 17.7 Å². The Morgan fingerprint density at radius 1 is 1.40 bits per heavy atom. The van der Waals surface area contributed by atoms with Gasteiger partial charge in [-0.25, -0.2) is 0 Å². The quantitative estimate of drug-likeness (QED) is 0.759. The Morgan fingerprint density at radius 2 is 2.20 bits per heavy atom. The molecule has 3 rings (SSSR count). The minimum Gasteiger partial charge on any atom is -0.467 e. The zero-order valence-electron chi connectivity index (χ0n) is 14.8. The van der Waals surface area contributed by atoms with Crippen LogP contribution in [0.3, 0.4) is 0 Å². The van der Waals surface area contributed by atoms with Gasteiger partial charge in [0, 0.05) is 13.0 Å². The van der Waals surface area contributed by atoms with E-state index in [1.54, 1.807) is 18.0 Å². The van der Waals surface area contributed by atoms with Gasteiger partial charge in [0.05, 0.1) is 19.4 Å². The van der Waals surface area contributed by atoms with E-state index >= 15 is 0 Å². The van der Waals surface area contributed by atoms with Crippen molar-refractivity contribution in [3.8, 4) is 0 Å². The maximum atomic E-state index is 12.1. The van der Waals surface area contributed by atoms with Crippen LogP contribution >= 0.6 is 11.8 Å². The summed E-state index contributed by atoms with van der Waals surface area (Å²) in [6.45, 7) is 4.81. The van der Waals surface area contributed by atoms with E-state index in [9.17, 15) is 4.79 Å². The molecule has 1 amide bonds. The first-order valence-corrected chi connectivity index (χ1v) is 9.69. The fraction of sp³-hybridized carbons (Fsp3) is 0.588. The number of nitrogens with one attached hydrogen (secondary N) is 1. The Balaban J connectivity index is 1.44. The summed E-state index contributed by atoms with van der Waals surface area (Å²) < 4.78 is 7.34. The molecule has 0 aliphatic carbocycles. The second-order valence-electron chi connectivity index (χ2n) is 6.24. The Labute approximate surface area is 152 Å². The fourth-order valence-electron chi connectivity index (χ4n) is 3.14. The first-order valence-electron chi connectivity index (χ1n) is 8.71. The molecule has 25 heavy (non-hydrogen) atoms. The highest BCUT2D eigenvalue weighted by Crippen LogP contribution is 2.28. The van der Waals surface area contributed by atoms with E-state index in [0.717, 1.165) is 48.4 Å². The second-order valence-corrected chi connectivity index (χ2v) is 7.47. The van der Waals surface area contributed by atoms with E-state index in [2.05, 4.69) is 31.9 Å². The maximum Gasteiger partial charge on any atom is 0.234 e. The Kier molecular flexibility index (Phi) is 6.14. The summed E-state index contributed by atoms with van der Waals surface area (Å²) in [5.41, 5.74) is 0. The van der Waals surface area contributed by atoms with Crippen LogP contribution in [-0.4, -0.2) is 51.0 Å². The summed E-state index contributed by atoms with van der Waals surface area (Å²) in [5, 5.41) is 12.6. The standard InChI is InChI=1S/C17H25N5O2S/c1-3-25-17-20-19-16(21(17)2)13-6-8-22(9-7-13)12-15(23)18-11-14-5-4-10-24-14/h4-5,10,13H,3,6-9,11-12H2,1-2H3,(H,18,23). The van der Waals surface area contributed by atoms with Crippen LogP contribution in [0.5, 0.6) is 0 Å². The van der Waals surface area contributed by atoms with Crippen molar-refractivity contribution in [1.29, 1.82) is 0 Å². The predicted octanol–water partition coefficient (Wildman–Crippen LogP) is 2.02. The first kappa shape index (κ1) is 18.0. The number of rotatable bonds is 7. The Bertz CT molecular complexity index is 677. The fourth-order valence-corrected chi connectivity index (χ4v) is 3.79. The number of aromatic nitrogens is 3. The van der Waals surface area contributed by atoms with E-state index in [-0.39, 0.29) is 5.91 Å². The van der Waals surface area contributed by atoms with Crippen LogP contribution in [0.4, 0.5) is 0 Å². The second kappa shape index (κ2) is 8.53. The van der Waals surface area contributed by atoms with Gasteiger partial charge in [0.1, 0.15) is 11.6 Å². The minimum atomic E-state index is 0.0372. The van der Waals surface area contributed by atoms with Crippen molar-refractivity contribution in [2.45, 2.75) is 37.4 Å². The molecule has 1 N–H and O–H groups in total. The number of furan rings is 1. The van der Waals surface area contributed by atoms with E-state index in [0.29, 0.717) is 19.0 Å². The average Bonchev–Trinajstić information content (AvgIpc) is 3.25. The van der Waals surface area contributed by atoms with Gasteiger partial charge in [0.15, 0.2) is 5.16 Å². The molecule has 2 aromatic heterocycles. The summed E-state index contributed by atoms with van der Waals surface area (Å²) in [5.74, 6) is 3.30. The van der Waals surface area contributed by atoms with Crippen LogP contribution in [-0.2, 0) is 18.4 Å². The molecule has 0 unspecified atom stereocenters. The van der Waals surface area contributed by atoms with Crippen molar-refractivity contribution in [1.82, 2.24) is 25.0 Å². The Hall–Kier alpha value is -1.80. The normalized spacial score (nSPS) is 16.2. The maximum absolute atomic E-state index is 12.1. The third-order valence-electron chi connectivity index (χ3n) is 4.50. The van der Waals surface area contributed by atoms with Crippen molar-refractivity contribution in [2.24, 2.45) is 7.05 Å². The van der Waals surface area contributed by atoms with Crippen molar-refractivity contribution in [3.63, 3.8) is 0 Å². The van der Waals surface area contributed by atoms with Gasteiger partial charge in [-0.15, -0.1) is 10.2 Å². The van der Waals surface area contributed by atoms with Gasteiger partial charge >= 0.3 is 0 Å². The molecule has 3 heterocycles. The van der Waals surface area contributed by atoms with Gasteiger partial charge in [-0.2, -0.15) is 0 Å². The molecule has 0 atom stereocenters. The number of piperidine rings is 1. The summed E-state index contributed by atoms with van der Waals surface area (Å²) >= 11 is 1.72. The average molecular weight is 363 g/mol. The molecule has 7 nitrogen and oxygen atoms in total. The third-order valence-corrected chi connectivity index (χ3v) is 5.40. The number of hydrogen-bond donors (Lipinski definition) is 1. The largest absolute Gasteiger partial charge is 0.467 e. The lowest BCUT2D eigenvalue weighted by molar-refractivity contribution is -0.122. The van der Waals surface area contributed by atoms with Gasteiger partial charge in [0.2, 0.25) is 5.91 Å². The smallest absolute Gasteiger partial charge is 0.234 e. The van der Waals surface area contributed by atoms with Crippen molar-refractivity contribution in [2.75, 3.05) is 25.4 Å². The summed E-state index contributed by atoms with van der Waals surface area (Å²) in [6.07, 6.45) is 3.63. The highest BCUT2D eigenvalue weighted by Gasteiger charge is 2.26. The summed E-state index contributed by atoms with van der Waals surface area (Å²) in [4.78, 5) is 14.3. The van der Waals surface area contributed by atoms with Crippen LogP contribution in [0.1, 0.15) is 37.3 Å². The highest BCUT2D eigenvalue weighted by molar-refractivity contribution is 7.99. The molecule has 0 aromatic carbocycles. The number of amides is 1. The number of nitrogens with zero attached hydrogens (tertiary/aromatic N) is 4. The minimum absolute atomic E-state index is 0.0372. The molecule has 1 fully saturated rings. The lowest BCUT2D eigenvalue weighted by Crippen LogP contribution is -2.41. The van der Waals surface area contributed by atoms with Gasteiger partial charge in [-0.05, 0) is 43.8 Å². The van der Waals surface area contributed by atoms with E-state index < -0.39 is 0 Å². The molecule has 0 saturated carbocycles. The van der Waals surface area contributed by atoms with Crippen LogP contribution in [0.25, 0.3) is 0 Å². The molecule has 0 radical (unpaired) electrons. The Morgan fingerprint density at radius 3 is 2.88 bits per heavy atom. The zero-order chi connectivity index (χ0) is 17.6. The number of carbonyl (C=O) groups excluding carboxylic acids is 1. The SMILES string of the molecule is CCSc1nnc(C2CCN(CC(=O)NCc3ccco3)CC2)n1C. The molecular formula is C17H25N5O2S. The molecule has 1 aliphatic heterocycles. The third kappa shape index (κ3) is 4.64. The topological polar surface area (TPSA) is 76.2 Å². The molecule has 1 aliphatic rings. The van der Waals surface area contributed by atoms with Gasteiger partial charge in [-0.3, -0.25) is 9.69 Å². The van der Waals surface area contributed by atoms with Crippen LogP contribution in [0, 0.1) is 0 Å². The predicted molar refractivity (Wildman–Crippen MR) is 96.4 cm³/mol. The van der Waals surface area contributed by atoms with Crippen LogP contribution in [0.15, 0.2) is 28.0 Å². The van der Waals surface area contributed by atoms with Crippen molar-refractivity contribution in [3.05, 3.63) is 30.0 Å². The van der Waals surface area contributed by atoms with Gasteiger partial charge < -0.3 is 14.3 Å². The molecular weight excluding hydrogens is 338 g/mol. The molecule has 136 valence electrons. The monoisotopic (exact) mass is 363 g/mol. The molecule has 0 bridgehead atoms. The van der Waals surface area contributed by atoms with Crippen LogP contribution in [0.2, 0.25) is 0 Å². The number of likely N-dealkylation sites (tertiary alicyclic amines) is 1. The highest BCUT2D eigenvalue weighted by atomic mass is 32.2. The molecule has 1 saturated heterocycles. The van der Waals surface area contributed by atoms with Gasteiger partial charge in [-0.1, -0.05) is 18.7 Å². The molecule has 0 spiro atoms. The van der Waals surface area contributed by atoms with E-state index in [1.807, 2.05) is 19.2 Å². The summed E-state index contributed by atoms with van der Waals surface area (Å²) in [7, 11) is 2.04.